The summed E-state index contributed by atoms with van der Waals surface area (Å²) in [6.45, 7) is 4.32. The zero-order valence-corrected chi connectivity index (χ0v) is 13.1. The predicted molar refractivity (Wildman–Crippen MR) is 86.8 cm³/mol. The van der Waals surface area contributed by atoms with E-state index in [0.29, 0.717) is 5.88 Å². The summed E-state index contributed by atoms with van der Waals surface area (Å²) in [6.07, 6.45) is 5.36. The molecular weight excluding hydrogens is 260 g/mol. The molecule has 0 aliphatic carbocycles. The molecule has 1 N–H and O–H groups in total. The summed E-state index contributed by atoms with van der Waals surface area (Å²) in [5.41, 5.74) is 2.52. The van der Waals surface area contributed by atoms with Crippen LogP contribution in [0.1, 0.15) is 43.9 Å². The van der Waals surface area contributed by atoms with E-state index in [0.717, 1.165) is 12.2 Å². The Balaban J connectivity index is 2.04. The molecule has 3 heteroatoms. The van der Waals surface area contributed by atoms with Gasteiger partial charge in [-0.1, -0.05) is 25.5 Å². The maximum atomic E-state index is 5.83. The second-order valence-electron chi connectivity index (χ2n) is 5.29. The fourth-order valence-corrected chi connectivity index (χ4v) is 2.14. The highest BCUT2D eigenvalue weighted by Crippen LogP contribution is 2.23. The molecule has 0 aliphatic heterocycles. The summed E-state index contributed by atoms with van der Waals surface area (Å²) in [7, 11) is 1.95. The van der Waals surface area contributed by atoms with Crippen LogP contribution in [-0.2, 0) is 6.42 Å². The molecule has 0 bridgehead atoms. The average molecular weight is 284 g/mol. The zero-order valence-electron chi connectivity index (χ0n) is 13.1. The first-order chi connectivity index (χ1) is 10.2. The van der Waals surface area contributed by atoms with Crippen LogP contribution in [0, 0.1) is 0 Å². The van der Waals surface area contributed by atoms with E-state index in [-0.39, 0.29) is 6.04 Å². The Labute approximate surface area is 127 Å². The fraction of sp³-hybridized carbons (Fsp3) is 0.389. The number of aromatic nitrogens is 1. The van der Waals surface area contributed by atoms with Crippen LogP contribution in [0.5, 0.6) is 11.6 Å². The van der Waals surface area contributed by atoms with E-state index < -0.39 is 0 Å². The normalized spacial score (nSPS) is 12.1. The van der Waals surface area contributed by atoms with Crippen LogP contribution in [-0.4, -0.2) is 12.0 Å². The quantitative estimate of drug-likeness (QED) is 0.813. The first kappa shape index (κ1) is 15.5. The molecule has 0 spiro atoms. The molecule has 3 nitrogen and oxygen atoms in total. The van der Waals surface area contributed by atoms with Crippen LogP contribution in [0.15, 0.2) is 42.6 Å². The van der Waals surface area contributed by atoms with Crippen LogP contribution in [0.25, 0.3) is 0 Å². The molecule has 0 saturated carbocycles. The van der Waals surface area contributed by atoms with Gasteiger partial charge in [-0.15, -0.1) is 0 Å². The molecule has 1 heterocycles. The smallest absolute Gasteiger partial charge is 0.219 e. The lowest BCUT2D eigenvalue weighted by Gasteiger charge is -2.12. The zero-order chi connectivity index (χ0) is 15.1. The van der Waals surface area contributed by atoms with Gasteiger partial charge in [0.25, 0.3) is 0 Å². The third kappa shape index (κ3) is 4.57. The molecule has 21 heavy (non-hydrogen) atoms. The molecule has 1 unspecified atom stereocenters. The van der Waals surface area contributed by atoms with Crippen molar-refractivity contribution in [2.75, 3.05) is 7.05 Å². The molecule has 2 rings (SSSR count). The van der Waals surface area contributed by atoms with Gasteiger partial charge in [0.15, 0.2) is 0 Å². The number of hydrogen-bond donors (Lipinski definition) is 1. The van der Waals surface area contributed by atoms with Crippen LogP contribution in [0.3, 0.4) is 0 Å². The Hall–Kier alpha value is -1.87. The number of hydrogen-bond acceptors (Lipinski definition) is 3. The number of nitrogens with one attached hydrogen (secondary N) is 1. The van der Waals surface area contributed by atoms with E-state index in [1.54, 1.807) is 6.20 Å². The minimum Gasteiger partial charge on any atom is -0.439 e. The summed E-state index contributed by atoms with van der Waals surface area (Å²) in [5, 5.41) is 3.22. The third-order valence-electron chi connectivity index (χ3n) is 3.66. The fourth-order valence-electron chi connectivity index (χ4n) is 2.14. The van der Waals surface area contributed by atoms with Crippen molar-refractivity contribution in [2.24, 2.45) is 0 Å². The average Bonchev–Trinajstić information content (AvgIpc) is 2.53. The summed E-state index contributed by atoms with van der Waals surface area (Å²) in [5.74, 6) is 1.47. The summed E-state index contributed by atoms with van der Waals surface area (Å²) in [4.78, 5) is 4.27. The van der Waals surface area contributed by atoms with Crippen molar-refractivity contribution in [3.63, 3.8) is 0 Å². The lowest BCUT2D eigenvalue weighted by Crippen LogP contribution is -2.12. The van der Waals surface area contributed by atoms with Gasteiger partial charge >= 0.3 is 0 Å². The molecule has 1 atom stereocenters. The molecule has 2 aromatic rings. The number of unbranched alkanes of at least 4 members (excludes halogenated alkanes) is 1. The largest absolute Gasteiger partial charge is 0.439 e. The number of aryl methyl sites for hydroxylation is 1. The first-order valence-corrected chi connectivity index (χ1v) is 7.63. The van der Waals surface area contributed by atoms with Gasteiger partial charge in [-0.05, 0) is 56.1 Å². The van der Waals surface area contributed by atoms with Crippen molar-refractivity contribution >= 4 is 0 Å². The van der Waals surface area contributed by atoms with Crippen molar-refractivity contribution in [1.82, 2.24) is 10.3 Å². The highest BCUT2D eigenvalue weighted by molar-refractivity contribution is 5.32. The van der Waals surface area contributed by atoms with Gasteiger partial charge in [0.1, 0.15) is 5.75 Å². The molecule has 0 aliphatic rings. The van der Waals surface area contributed by atoms with Crippen molar-refractivity contribution < 1.29 is 4.74 Å². The Morgan fingerprint density at radius 1 is 1.19 bits per heavy atom. The summed E-state index contributed by atoms with van der Waals surface area (Å²) in [6, 6.07) is 12.6. The second-order valence-corrected chi connectivity index (χ2v) is 5.29. The predicted octanol–water partition coefficient (Wildman–Crippen LogP) is 4.50. The van der Waals surface area contributed by atoms with Crippen molar-refractivity contribution in [2.45, 2.75) is 39.2 Å². The van der Waals surface area contributed by atoms with Gasteiger partial charge in [0, 0.05) is 18.3 Å². The highest BCUT2D eigenvalue weighted by Gasteiger charge is 2.05. The molecule has 0 amide bonds. The summed E-state index contributed by atoms with van der Waals surface area (Å²) < 4.78 is 5.83. The van der Waals surface area contributed by atoms with Gasteiger partial charge in [-0.3, -0.25) is 0 Å². The Morgan fingerprint density at radius 3 is 2.62 bits per heavy atom. The first-order valence-electron chi connectivity index (χ1n) is 7.63. The summed E-state index contributed by atoms with van der Waals surface area (Å²) >= 11 is 0. The molecule has 0 radical (unpaired) electrons. The topological polar surface area (TPSA) is 34.1 Å². The van der Waals surface area contributed by atoms with Crippen molar-refractivity contribution in [1.29, 1.82) is 0 Å². The second kappa shape index (κ2) is 7.79. The van der Waals surface area contributed by atoms with E-state index in [1.807, 2.05) is 31.3 Å². The van der Waals surface area contributed by atoms with E-state index in [1.165, 1.54) is 24.0 Å². The van der Waals surface area contributed by atoms with E-state index in [2.05, 4.69) is 36.3 Å². The molecule has 1 aromatic carbocycles. The highest BCUT2D eigenvalue weighted by atomic mass is 16.5. The minimum atomic E-state index is 0.284. The van der Waals surface area contributed by atoms with Gasteiger partial charge in [0.05, 0.1) is 0 Å². The Morgan fingerprint density at radius 2 is 1.95 bits per heavy atom. The molecular formula is C18H24N2O. The van der Waals surface area contributed by atoms with E-state index >= 15 is 0 Å². The number of rotatable bonds is 7. The van der Waals surface area contributed by atoms with Gasteiger partial charge < -0.3 is 10.1 Å². The van der Waals surface area contributed by atoms with Crippen LogP contribution < -0.4 is 10.1 Å². The van der Waals surface area contributed by atoms with E-state index in [4.69, 9.17) is 4.74 Å². The SMILES string of the molecule is CCCCc1ccc(Oc2cc(C(C)NC)ccn2)cc1. The molecule has 1 aromatic heterocycles. The minimum absolute atomic E-state index is 0.284. The number of nitrogens with zero attached hydrogens (tertiary/aromatic N) is 1. The molecule has 0 fully saturated rings. The van der Waals surface area contributed by atoms with Crippen LogP contribution >= 0.6 is 0 Å². The standard InChI is InChI=1S/C18H24N2O/c1-4-5-6-15-7-9-17(10-8-15)21-18-13-16(11-12-20-18)14(2)19-3/h7-14,19H,4-6H2,1-3H3. The lowest BCUT2D eigenvalue weighted by atomic mass is 10.1. The van der Waals surface area contributed by atoms with Gasteiger partial charge in [-0.25, -0.2) is 4.98 Å². The molecule has 0 saturated heterocycles. The van der Waals surface area contributed by atoms with Crippen molar-refractivity contribution in [3.05, 3.63) is 53.7 Å². The monoisotopic (exact) mass is 284 g/mol. The van der Waals surface area contributed by atoms with Gasteiger partial charge in [-0.2, -0.15) is 0 Å². The van der Waals surface area contributed by atoms with Crippen LogP contribution in [0.2, 0.25) is 0 Å². The molecule has 112 valence electrons. The number of ether oxygens (including phenoxy) is 1. The maximum absolute atomic E-state index is 5.83. The Bertz CT molecular complexity index is 551. The Kier molecular flexibility index (Phi) is 5.76. The van der Waals surface area contributed by atoms with Crippen molar-refractivity contribution in [3.8, 4) is 11.6 Å². The lowest BCUT2D eigenvalue weighted by molar-refractivity contribution is 0.460. The van der Waals surface area contributed by atoms with Crippen LogP contribution in [0.4, 0.5) is 0 Å². The maximum Gasteiger partial charge on any atom is 0.219 e. The third-order valence-corrected chi connectivity index (χ3v) is 3.66. The number of pyridine rings is 1. The van der Waals surface area contributed by atoms with Gasteiger partial charge in [0.2, 0.25) is 5.88 Å². The number of benzene rings is 1. The van der Waals surface area contributed by atoms with E-state index in [9.17, 15) is 0 Å².